The summed E-state index contributed by atoms with van der Waals surface area (Å²) in [7, 11) is 0. The fourth-order valence-electron chi connectivity index (χ4n) is 1.77. The summed E-state index contributed by atoms with van der Waals surface area (Å²) in [4.78, 5) is 2.07. The molecule has 19 heavy (non-hydrogen) atoms. The van der Waals surface area contributed by atoms with Gasteiger partial charge in [0, 0.05) is 18.8 Å². The van der Waals surface area contributed by atoms with Gasteiger partial charge in [-0.15, -0.1) is 0 Å². The number of rotatable bonds is 1. The number of alkyl halides is 3. The predicted molar refractivity (Wildman–Crippen MR) is 75.5 cm³/mol. The molecule has 1 aliphatic heterocycles. The zero-order valence-electron chi connectivity index (χ0n) is 12.4. The molecule has 0 spiro atoms. The van der Waals surface area contributed by atoms with Gasteiger partial charge in [-0.25, -0.2) is 0 Å². The van der Waals surface area contributed by atoms with Gasteiger partial charge in [-0.05, 0) is 30.2 Å². The molecule has 1 aromatic rings. The van der Waals surface area contributed by atoms with Crippen LogP contribution in [0.1, 0.15) is 40.2 Å². The lowest BCUT2D eigenvalue weighted by molar-refractivity contribution is -0.137. The third kappa shape index (κ3) is 5.13. The average Bonchev–Trinajstić information content (AvgIpc) is 2.39. The average molecular weight is 275 g/mol. The minimum Gasteiger partial charge on any atom is -0.371 e. The van der Waals surface area contributed by atoms with Crippen molar-refractivity contribution < 1.29 is 13.2 Å². The molecular weight excluding hydrogens is 251 g/mol. The fourth-order valence-corrected chi connectivity index (χ4v) is 1.77. The molecule has 0 aliphatic carbocycles. The third-order valence-electron chi connectivity index (χ3n) is 2.62. The highest BCUT2D eigenvalue weighted by Crippen LogP contribution is 2.31. The van der Waals surface area contributed by atoms with Gasteiger partial charge in [0.05, 0.1) is 5.56 Å². The van der Waals surface area contributed by atoms with Gasteiger partial charge in [-0.1, -0.05) is 34.6 Å². The van der Waals surface area contributed by atoms with Crippen LogP contribution < -0.4 is 4.90 Å². The van der Waals surface area contributed by atoms with Gasteiger partial charge in [0.2, 0.25) is 0 Å². The van der Waals surface area contributed by atoms with Crippen molar-refractivity contribution in [2.75, 3.05) is 18.0 Å². The minimum absolute atomic E-state index is 0.583. The first-order valence-corrected chi connectivity index (χ1v) is 6.89. The Morgan fingerprint density at radius 1 is 0.947 bits per heavy atom. The van der Waals surface area contributed by atoms with Crippen molar-refractivity contribution in [2.45, 2.75) is 40.8 Å². The molecule has 110 valence electrons. The van der Waals surface area contributed by atoms with Crippen molar-refractivity contribution >= 4 is 5.69 Å². The van der Waals surface area contributed by atoms with Gasteiger partial charge < -0.3 is 4.90 Å². The van der Waals surface area contributed by atoms with E-state index >= 15 is 0 Å². The molecule has 4 heteroatoms. The fraction of sp³-hybridized carbons (Fsp3) is 0.600. The maximum atomic E-state index is 12.3. The lowest BCUT2D eigenvalue weighted by Crippen LogP contribution is -2.45. The SMILES string of the molecule is CC.CC.CC1CN(c2ccc(C(F)(F)F)cc2)C1. The van der Waals surface area contributed by atoms with Gasteiger partial charge in [0.15, 0.2) is 0 Å². The Labute approximate surface area is 114 Å². The highest BCUT2D eigenvalue weighted by Gasteiger charge is 2.30. The zero-order chi connectivity index (χ0) is 15.1. The molecule has 0 atom stereocenters. The molecule has 1 aromatic carbocycles. The lowest BCUT2D eigenvalue weighted by atomic mass is 10.0. The monoisotopic (exact) mass is 275 g/mol. The predicted octanol–water partition coefficient (Wildman–Crippen LogP) is 5.21. The van der Waals surface area contributed by atoms with Crippen molar-refractivity contribution in [3.8, 4) is 0 Å². The van der Waals surface area contributed by atoms with Crippen LogP contribution in [0.4, 0.5) is 18.9 Å². The summed E-state index contributed by atoms with van der Waals surface area (Å²) in [5.41, 5.74) is 0.293. The molecule has 0 radical (unpaired) electrons. The molecule has 1 nitrogen and oxygen atoms in total. The first-order chi connectivity index (χ1) is 8.97. The number of hydrogen-bond acceptors (Lipinski definition) is 1. The number of hydrogen-bond donors (Lipinski definition) is 0. The van der Waals surface area contributed by atoms with Crippen molar-refractivity contribution in [1.29, 1.82) is 0 Å². The summed E-state index contributed by atoms with van der Waals surface area (Å²) in [6, 6.07) is 5.35. The van der Waals surface area contributed by atoms with E-state index < -0.39 is 11.7 Å². The molecule has 0 aromatic heterocycles. The Morgan fingerprint density at radius 3 is 1.68 bits per heavy atom. The summed E-state index contributed by atoms with van der Waals surface area (Å²) in [5.74, 6) is 0.646. The van der Waals surface area contributed by atoms with Crippen molar-refractivity contribution in [3.05, 3.63) is 29.8 Å². The second-order valence-electron chi connectivity index (χ2n) is 4.05. The van der Waals surface area contributed by atoms with Gasteiger partial charge in [-0.2, -0.15) is 13.2 Å². The smallest absolute Gasteiger partial charge is 0.371 e. The molecule has 0 amide bonds. The molecule has 0 bridgehead atoms. The van der Waals surface area contributed by atoms with E-state index in [1.165, 1.54) is 12.1 Å². The Morgan fingerprint density at radius 2 is 1.37 bits per heavy atom. The van der Waals surface area contributed by atoms with Gasteiger partial charge >= 0.3 is 6.18 Å². The summed E-state index contributed by atoms with van der Waals surface area (Å²) in [6.45, 7) is 12.0. The molecule has 1 fully saturated rings. The van der Waals surface area contributed by atoms with E-state index in [2.05, 4.69) is 11.8 Å². The van der Waals surface area contributed by atoms with Crippen molar-refractivity contribution in [3.63, 3.8) is 0 Å². The first-order valence-electron chi connectivity index (χ1n) is 6.89. The second kappa shape index (κ2) is 8.08. The van der Waals surface area contributed by atoms with Crippen LogP contribution in [0.3, 0.4) is 0 Å². The van der Waals surface area contributed by atoms with Crippen LogP contribution >= 0.6 is 0 Å². The van der Waals surface area contributed by atoms with Crippen LogP contribution in [0.2, 0.25) is 0 Å². The largest absolute Gasteiger partial charge is 0.416 e. The molecule has 0 saturated carbocycles. The summed E-state index contributed by atoms with van der Waals surface area (Å²) < 4.78 is 36.8. The van der Waals surface area contributed by atoms with Crippen molar-refractivity contribution in [1.82, 2.24) is 0 Å². The Balaban J connectivity index is 0.000000741. The quantitative estimate of drug-likeness (QED) is 0.679. The van der Waals surface area contributed by atoms with Gasteiger partial charge in [-0.3, -0.25) is 0 Å². The zero-order valence-corrected chi connectivity index (χ0v) is 12.4. The molecule has 0 unspecified atom stereocenters. The lowest BCUT2D eigenvalue weighted by Gasteiger charge is -2.39. The van der Waals surface area contributed by atoms with Gasteiger partial charge in [0.1, 0.15) is 0 Å². The van der Waals surface area contributed by atoms with Crippen LogP contribution in [-0.4, -0.2) is 13.1 Å². The topological polar surface area (TPSA) is 3.24 Å². The summed E-state index contributed by atoms with van der Waals surface area (Å²) >= 11 is 0. The molecule has 1 saturated heterocycles. The van der Waals surface area contributed by atoms with Crippen LogP contribution in [-0.2, 0) is 6.18 Å². The number of halogens is 3. The van der Waals surface area contributed by atoms with E-state index in [0.717, 1.165) is 30.9 Å². The van der Waals surface area contributed by atoms with E-state index in [0.29, 0.717) is 5.92 Å². The summed E-state index contributed by atoms with van der Waals surface area (Å²) in [6.07, 6.45) is -4.24. The highest BCUT2D eigenvalue weighted by atomic mass is 19.4. The Hall–Kier alpha value is -1.19. The number of benzene rings is 1. The van der Waals surface area contributed by atoms with Crippen LogP contribution in [0.15, 0.2) is 24.3 Å². The molecular formula is C15H24F3N. The first kappa shape index (κ1) is 17.8. The maximum Gasteiger partial charge on any atom is 0.416 e. The second-order valence-corrected chi connectivity index (χ2v) is 4.05. The van der Waals surface area contributed by atoms with Gasteiger partial charge in [0.25, 0.3) is 0 Å². The van der Waals surface area contributed by atoms with E-state index in [4.69, 9.17) is 0 Å². The third-order valence-corrected chi connectivity index (χ3v) is 2.62. The van der Waals surface area contributed by atoms with Crippen LogP contribution in [0.5, 0.6) is 0 Å². The molecule has 2 rings (SSSR count). The molecule has 1 aliphatic rings. The van der Waals surface area contributed by atoms with E-state index in [1.54, 1.807) is 0 Å². The van der Waals surface area contributed by atoms with E-state index in [-0.39, 0.29) is 0 Å². The van der Waals surface area contributed by atoms with Crippen LogP contribution in [0, 0.1) is 5.92 Å². The minimum atomic E-state index is -4.24. The number of anilines is 1. The standard InChI is InChI=1S/C11H12F3N.2C2H6/c1-8-6-15(7-8)10-4-2-9(3-5-10)11(12,13)14;2*1-2/h2-5,8H,6-7H2,1H3;2*1-2H3. The van der Waals surface area contributed by atoms with Crippen molar-refractivity contribution in [2.24, 2.45) is 5.92 Å². The maximum absolute atomic E-state index is 12.3. The highest BCUT2D eigenvalue weighted by molar-refractivity contribution is 5.50. The Bertz CT molecular complexity index is 337. The number of nitrogens with zero attached hydrogens (tertiary/aromatic N) is 1. The normalized spacial score (nSPS) is 14.6. The van der Waals surface area contributed by atoms with Crippen LogP contribution in [0.25, 0.3) is 0 Å². The summed E-state index contributed by atoms with van der Waals surface area (Å²) in [5, 5.41) is 0. The molecule has 1 heterocycles. The van der Waals surface area contributed by atoms with E-state index in [9.17, 15) is 13.2 Å². The molecule has 0 N–H and O–H groups in total. The van der Waals surface area contributed by atoms with E-state index in [1.807, 2.05) is 27.7 Å². The Kier molecular flexibility index (Phi) is 7.57.